The Morgan fingerprint density at radius 2 is 1.89 bits per heavy atom. The molecule has 0 saturated heterocycles. The maximum atomic E-state index is 11.7. The van der Waals surface area contributed by atoms with Crippen molar-refractivity contribution in [2.45, 2.75) is 39.7 Å². The van der Waals surface area contributed by atoms with Gasteiger partial charge in [0.25, 0.3) is 0 Å². The van der Waals surface area contributed by atoms with E-state index in [0.29, 0.717) is 12.5 Å². The first-order valence-corrected chi connectivity index (χ1v) is 7.09. The Kier molecular flexibility index (Phi) is 9.39. The lowest BCUT2D eigenvalue weighted by Gasteiger charge is -2.23. The van der Waals surface area contributed by atoms with Gasteiger partial charge in [0.1, 0.15) is 6.04 Å². The lowest BCUT2D eigenvalue weighted by Crippen LogP contribution is -2.42. The van der Waals surface area contributed by atoms with E-state index in [-0.39, 0.29) is 12.5 Å². The Hall–Kier alpha value is -0.970. The van der Waals surface area contributed by atoms with Crippen LogP contribution < -0.4 is 0 Å². The summed E-state index contributed by atoms with van der Waals surface area (Å²) in [5.41, 5.74) is 0. The average Bonchev–Trinajstić information content (AvgIpc) is 2.42. The largest absolute Gasteiger partial charge is 0.464 e. The monoisotopic (exact) mass is 293 g/mol. The number of nitrogens with zero attached hydrogens (tertiary/aromatic N) is 1. The van der Waals surface area contributed by atoms with Gasteiger partial charge >= 0.3 is 12.1 Å². The van der Waals surface area contributed by atoms with Gasteiger partial charge in [-0.3, -0.25) is 4.90 Å². The molecule has 0 saturated carbocycles. The molecule has 0 aliphatic rings. The molecule has 5 nitrogen and oxygen atoms in total. The summed E-state index contributed by atoms with van der Waals surface area (Å²) in [6.45, 7) is 6.12. The molecule has 0 N–H and O–H groups in total. The first-order chi connectivity index (χ1) is 8.93. The summed E-state index contributed by atoms with van der Waals surface area (Å²) in [5, 5.41) is 0. The van der Waals surface area contributed by atoms with Gasteiger partial charge in [0.15, 0.2) is 0 Å². The summed E-state index contributed by atoms with van der Waals surface area (Å²) < 4.78 is 10.1. The van der Waals surface area contributed by atoms with E-state index < -0.39 is 18.1 Å². The van der Waals surface area contributed by atoms with Gasteiger partial charge in [-0.05, 0) is 13.3 Å². The third-order valence-electron chi connectivity index (χ3n) is 2.71. The summed E-state index contributed by atoms with van der Waals surface area (Å²) >= 11 is 5.62. The Morgan fingerprint density at radius 3 is 2.42 bits per heavy atom. The number of esters is 1. The predicted molar refractivity (Wildman–Crippen MR) is 74.3 cm³/mol. The van der Waals surface area contributed by atoms with Crippen LogP contribution >= 0.6 is 11.6 Å². The highest BCUT2D eigenvalue weighted by Gasteiger charge is 2.24. The van der Waals surface area contributed by atoms with Crippen LogP contribution in [0, 0.1) is 5.92 Å². The van der Waals surface area contributed by atoms with E-state index in [1.807, 2.05) is 13.8 Å². The molecule has 0 bridgehead atoms. The predicted octanol–water partition coefficient (Wildman–Crippen LogP) is 2.66. The molecule has 0 radical (unpaired) electrons. The van der Waals surface area contributed by atoms with Crippen molar-refractivity contribution in [3.05, 3.63) is 0 Å². The minimum atomic E-state index is -0.657. The molecule has 0 aromatic rings. The fourth-order valence-electron chi connectivity index (χ4n) is 1.11. The van der Waals surface area contributed by atoms with Crippen LogP contribution in [0.2, 0.25) is 0 Å². The van der Waals surface area contributed by atoms with Gasteiger partial charge in [0, 0.05) is 18.8 Å². The van der Waals surface area contributed by atoms with Crippen LogP contribution in [0.1, 0.15) is 33.6 Å². The molecular formula is C13H24ClNO4. The molecule has 2 atom stereocenters. The standard InChI is InChI=1S/C13H24ClNO4/c1-5-6-7-18-12(16)11(3)15(4)13(17)19-9-10(2)8-14/h10-11H,5-9H2,1-4H3. The van der Waals surface area contributed by atoms with E-state index in [1.54, 1.807) is 6.92 Å². The molecule has 0 aromatic heterocycles. The van der Waals surface area contributed by atoms with Crippen LogP contribution in [0.5, 0.6) is 0 Å². The zero-order chi connectivity index (χ0) is 14.8. The number of alkyl halides is 1. The van der Waals surface area contributed by atoms with Gasteiger partial charge in [-0.2, -0.15) is 0 Å². The van der Waals surface area contributed by atoms with Crippen molar-refractivity contribution >= 4 is 23.7 Å². The highest BCUT2D eigenvalue weighted by molar-refractivity contribution is 6.18. The summed E-state index contributed by atoms with van der Waals surface area (Å²) in [7, 11) is 1.51. The SMILES string of the molecule is CCCCOC(=O)C(C)N(C)C(=O)OCC(C)CCl. The Bertz CT molecular complexity index is 286. The molecule has 0 spiro atoms. The fourth-order valence-corrected chi connectivity index (χ4v) is 1.20. The third-order valence-corrected chi connectivity index (χ3v) is 3.23. The van der Waals surface area contributed by atoms with Crippen LogP contribution in [0.25, 0.3) is 0 Å². The van der Waals surface area contributed by atoms with Crippen molar-refractivity contribution in [3.8, 4) is 0 Å². The number of halogens is 1. The van der Waals surface area contributed by atoms with Crippen molar-refractivity contribution in [3.63, 3.8) is 0 Å². The second kappa shape index (κ2) is 9.89. The second-order valence-corrected chi connectivity index (χ2v) is 4.95. The van der Waals surface area contributed by atoms with Crippen molar-refractivity contribution in [2.75, 3.05) is 26.1 Å². The van der Waals surface area contributed by atoms with Gasteiger partial charge in [-0.15, -0.1) is 11.6 Å². The van der Waals surface area contributed by atoms with Crippen molar-refractivity contribution in [1.29, 1.82) is 0 Å². The number of unbranched alkanes of at least 4 members (excludes halogenated alkanes) is 1. The van der Waals surface area contributed by atoms with Gasteiger partial charge in [-0.1, -0.05) is 20.3 Å². The van der Waals surface area contributed by atoms with E-state index in [4.69, 9.17) is 21.1 Å². The second-order valence-electron chi connectivity index (χ2n) is 4.64. The molecule has 112 valence electrons. The number of likely N-dealkylation sites (N-methyl/N-ethyl adjacent to an activating group) is 1. The normalized spacial score (nSPS) is 13.5. The zero-order valence-electron chi connectivity index (χ0n) is 12.1. The summed E-state index contributed by atoms with van der Waals surface area (Å²) in [5.74, 6) is 0.0927. The molecule has 0 aromatic carbocycles. The maximum absolute atomic E-state index is 11.7. The Morgan fingerprint density at radius 1 is 1.26 bits per heavy atom. The number of hydrogen-bond acceptors (Lipinski definition) is 4. The minimum absolute atomic E-state index is 0.0887. The number of amides is 1. The molecule has 0 aliphatic carbocycles. The average molecular weight is 294 g/mol. The molecule has 6 heteroatoms. The molecule has 1 amide bonds. The molecule has 0 heterocycles. The Labute approximate surface area is 120 Å². The summed E-state index contributed by atoms with van der Waals surface area (Å²) in [6.07, 6.45) is 1.23. The van der Waals surface area contributed by atoms with Gasteiger partial charge in [0.05, 0.1) is 13.2 Å². The highest BCUT2D eigenvalue weighted by Crippen LogP contribution is 2.05. The first-order valence-electron chi connectivity index (χ1n) is 6.56. The minimum Gasteiger partial charge on any atom is -0.464 e. The number of ether oxygens (including phenoxy) is 2. The fraction of sp³-hybridized carbons (Fsp3) is 0.846. The van der Waals surface area contributed by atoms with Crippen molar-refractivity contribution in [1.82, 2.24) is 4.90 Å². The first kappa shape index (κ1) is 18.0. The number of rotatable bonds is 8. The van der Waals surface area contributed by atoms with Crippen molar-refractivity contribution in [2.24, 2.45) is 5.92 Å². The smallest absolute Gasteiger partial charge is 0.410 e. The summed E-state index contributed by atoms with van der Waals surface area (Å²) in [4.78, 5) is 24.6. The van der Waals surface area contributed by atoms with Crippen LogP contribution in [-0.2, 0) is 14.3 Å². The van der Waals surface area contributed by atoms with Crippen LogP contribution in [-0.4, -0.2) is 49.1 Å². The van der Waals surface area contributed by atoms with Crippen molar-refractivity contribution < 1.29 is 19.1 Å². The lowest BCUT2D eigenvalue weighted by atomic mass is 10.2. The maximum Gasteiger partial charge on any atom is 0.410 e. The van der Waals surface area contributed by atoms with Gasteiger partial charge < -0.3 is 9.47 Å². The highest BCUT2D eigenvalue weighted by atomic mass is 35.5. The van der Waals surface area contributed by atoms with E-state index in [2.05, 4.69) is 0 Å². The number of hydrogen-bond donors (Lipinski definition) is 0. The summed E-state index contributed by atoms with van der Waals surface area (Å²) in [6, 6.07) is -0.657. The van der Waals surface area contributed by atoms with E-state index in [0.717, 1.165) is 12.8 Å². The van der Waals surface area contributed by atoms with E-state index >= 15 is 0 Å². The number of carbonyl (C=O) groups excluding carboxylic acids is 2. The van der Waals surface area contributed by atoms with E-state index in [1.165, 1.54) is 11.9 Å². The lowest BCUT2D eigenvalue weighted by molar-refractivity contribution is -0.148. The quantitative estimate of drug-likeness (QED) is 0.392. The third kappa shape index (κ3) is 7.25. The molecule has 0 fully saturated rings. The van der Waals surface area contributed by atoms with Gasteiger partial charge in [-0.25, -0.2) is 9.59 Å². The topological polar surface area (TPSA) is 55.8 Å². The molecule has 0 rings (SSSR count). The molecule has 19 heavy (non-hydrogen) atoms. The number of carbonyl (C=O) groups is 2. The molecule has 0 aliphatic heterocycles. The zero-order valence-corrected chi connectivity index (χ0v) is 12.9. The molecule has 2 unspecified atom stereocenters. The van der Waals surface area contributed by atoms with Crippen LogP contribution in [0.15, 0.2) is 0 Å². The Balaban J connectivity index is 4.12. The molecular weight excluding hydrogens is 270 g/mol. The van der Waals surface area contributed by atoms with E-state index in [9.17, 15) is 9.59 Å². The van der Waals surface area contributed by atoms with Gasteiger partial charge in [0.2, 0.25) is 0 Å². The van der Waals surface area contributed by atoms with Crippen LogP contribution in [0.3, 0.4) is 0 Å². The van der Waals surface area contributed by atoms with Crippen LogP contribution in [0.4, 0.5) is 4.79 Å².